The summed E-state index contributed by atoms with van der Waals surface area (Å²) in [4.78, 5) is 14.6. The Labute approximate surface area is 118 Å². The van der Waals surface area contributed by atoms with Crippen molar-refractivity contribution in [3.05, 3.63) is 39.7 Å². The van der Waals surface area contributed by atoms with Gasteiger partial charge in [0.2, 0.25) is 5.82 Å². The number of hydrogen-bond donors (Lipinski definition) is 0. The summed E-state index contributed by atoms with van der Waals surface area (Å²) >= 11 is 0. The summed E-state index contributed by atoms with van der Waals surface area (Å²) in [7, 11) is 2.10. The summed E-state index contributed by atoms with van der Waals surface area (Å²) in [6, 6.07) is 4.84. The maximum atomic E-state index is 14.1. The van der Waals surface area contributed by atoms with Gasteiger partial charge in [0.05, 0.1) is 4.92 Å². The number of piperazine rings is 1. The van der Waals surface area contributed by atoms with E-state index in [0.29, 0.717) is 18.2 Å². The Morgan fingerprint density at radius 2 is 2.20 bits per heavy atom. The molecule has 1 unspecified atom stereocenters. The summed E-state index contributed by atoms with van der Waals surface area (Å²) in [5, 5.41) is 10.8. The van der Waals surface area contributed by atoms with Crippen molar-refractivity contribution in [2.45, 2.75) is 25.9 Å². The van der Waals surface area contributed by atoms with Crippen LogP contribution in [0.5, 0.6) is 0 Å². The number of nitro benzene ring substituents is 1. The fourth-order valence-electron chi connectivity index (χ4n) is 2.67. The fraction of sp³-hybridized carbons (Fsp3) is 0.571. The number of likely N-dealkylation sites (N-methyl/N-ethyl adjacent to an activating group) is 1. The zero-order valence-corrected chi connectivity index (χ0v) is 11.9. The third-order valence-electron chi connectivity index (χ3n) is 3.98. The molecule has 0 aromatic heterocycles. The number of nitrogens with zero attached hydrogens (tertiary/aromatic N) is 3. The first kappa shape index (κ1) is 14.9. The van der Waals surface area contributed by atoms with Crippen LogP contribution in [-0.2, 0) is 6.54 Å². The highest BCUT2D eigenvalue weighted by Gasteiger charge is 2.25. The number of hydrogen-bond acceptors (Lipinski definition) is 4. The predicted molar refractivity (Wildman–Crippen MR) is 75.0 cm³/mol. The average Bonchev–Trinajstić information content (AvgIpc) is 2.42. The van der Waals surface area contributed by atoms with Gasteiger partial charge in [0.15, 0.2) is 0 Å². The zero-order chi connectivity index (χ0) is 14.7. The molecule has 1 aliphatic rings. The van der Waals surface area contributed by atoms with Gasteiger partial charge in [-0.15, -0.1) is 0 Å². The Balaban J connectivity index is 2.11. The van der Waals surface area contributed by atoms with Gasteiger partial charge in [-0.05, 0) is 13.5 Å². The minimum Gasteiger partial charge on any atom is -0.301 e. The molecule has 2 rings (SSSR count). The van der Waals surface area contributed by atoms with Crippen molar-refractivity contribution in [1.82, 2.24) is 9.80 Å². The summed E-state index contributed by atoms with van der Waals surface area (Å²) in [5.74, 6) is -0.704. The third-order valence-corrected chi connectivity index (χ3v) is 3.98. The molecule has 0 spiro atoms. The Kier molecular flexibility index (Phi) is 4.67. The monoisotopic (exact) mass is 281 g/mol. The van der Waals surface area contributed by atoms with Crippen molar-refractivity contribution >= 4 is 5.69 Å². The van der Waals surface area contributed by atoms with Gasteiger partial charge in [-0.25, -0.2) is 0 Å². The minimum absolute atomic E-state index is 0.401. The van der Waals surface area contributed by atoms with Crippen LogP contribution in [0, 0.1) is 15.9 Å². The van der Waals surface area contributed by atoms with Crippen LogP contribution in [0.1, 0.15) is 18.9 Å². The average molecular weight is 281 g/mol. The molecule has 1 saturated heterocycles. The summed E-state index contributed by atoms with van der Waals surface area (Å²) in [6.07, 6.45) is 1.05. The van der Waals surface area contributed by atoms with Crippen LogP contribution in [0.3, 0.4) is 0 Å². The van der Waals surface area contributed by atoms with Gasteiger partial charge < -0.3 is 4.90 Å². The molecule has 1 heterocycles. The van der Waals surface area contributed by atoms with Gasteiger partial charge in [-0.2, -0.15) is 4.39 Å². The quantitative estimate of drug-likeness (QED) is 0.627. The second-order valence-corrected chi connectivity index (χ2v) is 5.29. The fourth-order valence-corrected chi connectivity index (χ4v) is 2.67. The molecule has 1 aliphatic heterocycles. The van der Waals surface area contributed by atoms with Crippen LogP contribution in [0.2, 0.25) is 0 Å². The molecule has 0 amide bonds. The van der Waals surface area contributed by atoms with Crippen LogP contribution in [0.15, 0.2) is 18.2 Å². The summed E-state index contributed by atoms with van der Waals surface area (Å²) < 4.78 is 14.1. The molecule has 0 saturated carbocycles. The number of benzene rings is 1. The van der Waals surface area contributed by atoms with E-state index in [1.165, 1.54) is 6.07 Å². The standard InChI is InChI=1S/C14H20FN3O2/c1-3-12-10-17(8-7-16(12)2)9-11-5-4-6-13(14(11)15)18(19)20/h4-6,12H,3,7-10H2,1-2H3. The van der Waals surface area contributed by atoms with Crippen molar-refractivity contribution < 1.29 is 9.31 Å². The molecule has 1 atom stereocenters. The third kappa shape index (κ3) is 3.13. The van der Waals surface area contributed by atoms with Crippen LogP contribution in [-0.4, -0.2) is 47.4 Å². The van der Waals surface area contributed by atoms with E-state index in [4.69, 9.17) is 0 Å². The van der Waals surface area contributed by atoms with E-state index < -0.39 is 16.4 Å². The molecule has 1 fully saturated rings. The largest absolute Gasteiger partial charge is 0.305 e. The lowest BCUT2D eigenvalue weighted by Gasteiger charge is -2.39. The van der Waals surface area contributed by atoms with Gasteiger partial charge in [0.1, 0.15) is 0 Å². The maximum absolute atomic E-state index is 14.1. The topological polar surface area (TPSA) is 49.6 Å². The molecule has 6 heteroatoms. The van der Waals surface area contributed by atoms with Crippen LogP contribution in [0.25, 0.3) is 0 Å². The van der Waals surface area contributed by atoms with E-state index in [1.54, 1.807) is 12.1 Å². The van der Waals surface area contributed by atoms with E-state index in [2.05, 4.69) is 23.8 Å². The summed E-state index contributed by atoms with van der Waals surface area (Å²) in [5.41, 5.74) is -0.0396. The van der Waals surface area contributed by atoms with Crippen LogP contribution >= 0.6 is 0 Å². The Morgan fingerprint density at radius 3 is 2.85 bits per heavy atom. The molecular weight excluding hydrogens is 261 g/mol. The van der Waals surface area contributed by atoms with Crippen LogP contribution in [0.4, 0.5) is 10.1 Å². The lowest BCUT2D eigenvalue weighted by atomic mass is 10.1. The Morgan fingerprint density at radius 1 is 1.45 bits per heavy atom. The Bertz CT molecular complexity index is 495. The Hall–Kier alpha value is -1.53. The summed E-state index contributed by atoms with van der Waals surface area (Å²) in [6.45, 7) is 5.23. The van der Waals surface area contributed by atoms with Gasteiger partial charge >= 0.3 is 5.69 Å². The van der Waals surface area contributed by atoms with Crippen molar-refractivity contribution in [3.8, 4) is 0 Å². The van der Waals surface area contributed by atoms with E-state index in [0.717, 1.165) is 26.1 Å². The second-order valence-electron chi connectivity index (χ2n) is 5.29. The second kappa shape index (κ2) is 6.28. The molecule has 0 aliphatic carbocycles. The first-order valence-corrected chi connectivity index (χ1v) is 6.87. The highest BCUT2D eigenvalue weighted by Crippen LogP contribution is 2.22. The predicted octanol–water partition coefficient (Wildman–Crippen LogP) is 2.26. The molecule has 0 N–H and O–H groups in total. The van der Waals surface area contributed by atoms with E-state index in [-0.39, 0.29) is 0 Å². The first-order chi connectivity index (χ1) is 9.52. The first-order valence-electron chi connectivity index (χ1n) is 6.87. The van der Waals surface area contributed by atoms with Crippen molar-refractivity contribution in [2.24, 2.45) is 0 Å². The van der Waals surface area contributed by atoms with Crippen molar-refractivity contribution in [3.63, 3.8) is 0 Å². The van der Waals surface area contributed by atoms with Crippen LogP contribution < -0.4 is 0 Å². The minimum atomic E-state index is -0.704. The normalized spacial score (nSPS) is 21.1. The highest BCUT2D eigenvalue weighted by atomic mass is 19.1. The lowest BCUT2D eigenvalue weighted by Crippen LogP contribution is -2.50. The number of rotatable bonds is 4. The molecule has 20 heavy (non-hydrogen) atoms. The van der Waals surface area contributed by atoms with Crippen molar-refractivity contribution in [1.29, 1.82) is 0 Å². The van der Waals surface area contributed by atoms with Gasteiger partial charge in [-0.1, -0.05) is 19.1 Å². The van der Waals surface area contributed by atoms with E-state index in [1.807, 2.05) is 0 Å². The molecule has 0 radical (unpaired) electrons. The molecule has 1 aromatic rings. The molecule has 5 nitrogen and oxygen atoms in total. The van der Waals surface area contributed by atoms with E-state index >= 15 is 0 Å². The van der Waals surface area contributed by atoms with Gasteiger partial charge in [-0.3, -0.25) is 15.0 Å². The number of halogens is 1. The molecule has 1 aromatic carbocycles. The molecule has 110 valence electrons. The van der Waals surface area contributed by atoms with E-state index in [9.17, 15) is 14.5 Å². The lowest BCUT2D eigenvalue weighted by molar-refractivity contribution is -0.387. The zero-order valence-electron chi connectivity index (χ0n) is 11.9. The smallest absolute Gasteiger partial charge is 0.301 e. The maximum Gasteiger partial charge on any atom is 0.305 e. The van der Waals surface area contributed by atoms with Gasteiger partial charge in [0.25, 0.3) is 0 Å². The molecular formula is C14H20FN3O2. The van der Waals surface area contributed by atoms with Crippen molar-refractivity contribution in [2.75, 3.05) is 26.7 Å². The number of nitro groups is 1. The van der Waals surface area contributed by atoms with Gasteiger partial charge in [0, 0.05) is 43.9 Å². The molecule has 0 bridgehead atoms. The highest BCUT2D eigenvalue weighted by molar-refractivity contribution is 5.36. The SMILES string of the molecule is CCC1CN(Cc2cccc([N+](=O)[O-])c2F)CCN1C.